The molecule has 0 bridgehead atoms. The largest absolute Gasteiger partial charge is 0.493 e. The van der Waals surface area contributed by atoms with Crippen LogP contribution in [0.1, 0.15) is 11.1 Å². The molecule has 5 heteroatoms. The zero-order valence-electron chi connectivity index (χ0n) is 10.9. The molecule has 2 aromatic carbocycles. The average Bonchev–Trinajstić information content (AvgIpc) is 2.47. The van der Waals surface area contributed by atoms with E-state index in [-0.39, 0.29) is 6.61 Å². The lowest BCUT2D eigenvalue weighted by Crippen LogP contribution is -1.99. The van der Waals surface area contributed by atoms with Gasteiger partial charge in [-0.1, -0.05) is 35.3 Å². The lowest BCUT2D eigenvalue weighted by atomic mass is 10.2. The highest BCUT2D eigenvalue weighted by Crippen LogP contribution is 2.37. The molecule has 0 radical (unpaired) electrons. The van der Waals surface area contributed by atoms with Crippen molar-refractivity contribution < 1.29 is 14.6 Å². The molecule has 0 amide bonds. The smallest absolute Gasteiger partial charge is 0.180 e. The van der Waals surface area contributed by atoms with Gasteiger partial charge in [0.25, 0.3) is 0 Å². The number of aliphatic hydroxyl groups is 1. The van der Waals surface area contributed by atoms with Gasteiger partial charge in [0, 0.05) is 5.02 Å². The molecule has 0 heterocycles. The Morgan fingerprint density at radius 1 is 1.05 bits per heavy atom. The third kappa shape index (κ3) is 3.57. The summed E-state index contributed by atoms with van der Waals surface area (Å²) < 4.78 is 10.9. The molecule has 3 nitrogen and oxygen atoms in total. The molecule has 2 rings (SSSR count). The van der Waals surface area contributed by atoms with E-state index in [1.54, 1.807) is 24.3 Å². The maximum atomic E-state index is 9.14. The monoisotopic (exact) mass is 312 g/mol. The minimum absolute atomic E-state index is 0.104. The normalized spacial score (nSPS) is 10.4. The molecule has 0 unspecified atom stereocenters. The standard InChI is InChI=1S/C15H14Cl2O3/c1-19-14-7-11(8-18)6-13(17)15(14)20-9-10-2-4-12(16)5-3-10/h2-7,18H,8-9H2,1H3. The molecule has 0 aliphatic rings. The van der Waals surface area contributed by atoms with Crippen molar-refractivity contribution in [3.8, 4) is 11.5 Å². The molecule has 0 atom stereocenters. The molecular weight excluding hydrogens is 299 g/mol. The number of hydrogen-bond acceptors (Lipinski definition) is 3. The lowest BCUT2D eigenvalue weighted by Gasteiger charge is -2.13. The van der Waals surface area contributed by atoms with Crippen molar-refractivity contribution in [2.45, 2.75) is 13.2 Å². The van der Waals surface area contributed by atoms with Crippen LogP contribution < -0.4 is 9.47 Å². The maximum Gasteiger partial charge on any atom is 0.180 e. The number of halogens is 2. The topological polar surface area (TPSA) is 38.7 Å². The fourth-order valence-corrected chi connectivity index (χ4v) is 2.15. The van der Waals surface area contributed by atoms with Crippen LogP contribution in [-0.4, -0.2) is 12.2 Å². The van der Waals surface area contributed by atoms with Gasteiger partial charge in [-0.25, -0.2) is 0 Å². The SMILES string of the molecule is COc1cc(CO)cc(Cl)c1OCc1ccc(Cl)cc1. The predicted molar refractivity (Wildman–Crippen MR) is 79.7 cm³/mol. The fraction of sp³-hybridized carbons (Fsp3) is 0.200. The van der Waals surface area contributed by atoms with Gasteiger partial charge in [-0.2, -0.15) is 0 Å². The number of hydrogen-bond donors (Lipinski definition) is 1. The van der Waals surface area contributed by atoms with Crippen LogP contribution in [0.3, 0.4) is 0 Å². The van der Waals surface area contributed by atoms with Crippen LogP contribution in [0.5, 0.6) is 11.5 Å². The van der Waals surface area contributed by atoms with Gasteiger partial charge in [0.15, 0.2) is 11.5 Å². The third-order valence-electron chi connectivity index (χ3n) is 2.77. The van der Waals surface area contributed by atoms with E-state index in [0.717, 1.165) is 5.56 Å². The van der Waals surface area contributed by atoms with E-state index in [9.17, 15) is 0 Å². The first-order valence-electron chi connectivity index (χ1n) is 5.98. The van der Waals surface area contributed by atoms with Crippen LogP contribution in [0, 0.1) is 0 Å². The average molecular weight is 313 g/mol. The maximum absolute atomic E-state index is 9.14. The third-order valence-corrected chi connectivity index (χ3v) is 3.30. The van der Waals surface area contributed by atoms with E-state index in [1.807, 2.05) is 12.1 Å². The minimum atomic E-state index is -0.104. The summed E-state index contributed by atoms with van der Waals surface area (Å²) in [7, 11) is 1.53. The van der Waals surface area contributed by atoms with Crippen LogP contribution in [-0.2, 0) is 13.2 Å². The molecule has 0 spiro atoms. The van der Waals surface area contributed by atoms with Gasteiger partial charge in [0.05, 0.1) is 18.7 Å². The lowest BCUT2D eigenvalue weighted by molar-refractivity contribution is 0.274. The Hall–Kier alpha value is -1.42. The Morgan fingerprint density at radius 3 is 2.35 bits per heavy atom. The summed E-state index contributed by atoms with van der Waals surface area (Å²) in [6, 6.07) is 10.7. The van der Waals surface area contributed by atoms with Crippen molar-refractivity contribution in [2.24, 2.45) is 0 Å². The number of ether oxygens (including phenoxy) is 2. The van der Waals surface area contributed by atoms with Crippen molar-refractivity contribution in [3.05, 3.63) is 57.6 Å². The van der Waals surface area contributed by atoms with E-state index in [4.69, 9.17) is 37.8 Å². The van der Waals surface area contributed by atoms with Gasteiger partial charge in [-0.3, -0.25) is 0 Å². The van der Waals surface area contributed by atoms with Gasteiger partial charge in [-0.15, -0.1) is 0 Å². The van der Waals surface area contributed by atoms with E-state index in [1.165, 1.54) is 7.11 Å². The summed E-state index contributed by atoms with van der Waals surface area (Å²) >= 11 is 12.0. The number of methoxy groups -OCH3 is 1. The molecule has 0 aliphatic carbocycles. The van der Waals surface area contributed by atoms with Gasteiger partial charge in [0.2, 0.25) is 0 Å². The molecule has 0 saturated carbocycles. The Labute approximate surface area is 127 Å². The summed E-state index contributed by atoms with van der Waals surface area (Å²) in [6.45, 7) is 0.249. The summed E-state index contributed by atoms with van der Waals surface area (Å²) in [5.41, 5.74) is 1.64. The molecule has 106 valence electrons. The first kappa shape index (κ1) is 15.0. The molecule has 20 heavy (non-hydrogen) atoms. The Morgan fingerprint density at radius 2 is 1.75 bits per heavy atom. The van der Waals surface area contributed by atoms with Crippen LogP contribution in [0.4, 0.5) is 0 Å². The van der Waals surface area contributed by atoms with Crippen molar-refractivity contribution in [2.75, 3.05) is 7.11 Å². The highest BCUT2D eigenvalue weighted by Gasteiger charge is 2.12. The fourth-order valence-electron chi connectivity index (χ4n) is 1.74. The van der Waals surface area contributed by atoms with E-state index in [2.05, 4.69) is 0 Å². The molecule has 0 saturated heterocycles. The highest BCUT2D eigenvalue weighted by molar-refractivity contribution is 6.32. The number of benzene rings is 2. The number of rotatable bonds is 5. The molecule has 0 aliphatic heterocycles. The van der Waals surface area contributed by atoms with Crippen molar-refractivity contribution >= 4 is 23.2 Å². The zero-order valence-corrected chi connectivity index (χ0v) is 12.4. The Kier molecular flexibility index (Phi) is 5.12. The molecular formula is C15H14Cl2O3. The van der Waals surface area contributed by atoms with Crippen molar-refractivity contribution in [1.29, 1.82) is 0 Å². The molecule has 0 aromatic heterocycles. The van der Waals surface area contributed by atoms with E-state index >= 15 is 0 Å². The summed E-state index contributed by atoms with van der Waals surface area (Å²) in [5, 5.41) is 10.2. The molecule has 2 aromatic rings. The van der Waals surface area contributed by atoms with Crippen LogP contribution in [0.15, 0.2) is 36.4 Å². The minimum Gasteiger partial charge on any atom is -0.493 e. The first-order valence-corrected chi connectivity index (χ1v) is 6.74. The van der Waals surface area contributed by atoms with Gasteiger partial charge < -0.3 is 14.6 Å². The zero-order chi connectivity index (χ0) is 14.5. The quantitative estimate of drug-likeness (QED) is 0.904. The van der Waals surface area contributed by atoms with Gasteiger partial charge in [-0.05, 0) is 35.4 Å². The van der Waals surface area contributed by atoms with Crippen LogP contribution in [0.2, 0.25) is 10.0 Å². The summed E-state index contributed by atoms with van der Waals surface area (Å²) in [5.74, 6) is 0.955. The van der Waals surface area contributed by atoms with E-state index in [0.29, 0.717) is 33.7 Å². The molecule has 0 fully saturated rings. The second-order valence-electron chi connectivity index (χ2n) is 4.18. The summed E-state index contributed by atoms with van der Waals surface area (Å²) in [4.78, 5) is 0. The van der Waals surface area contributed by atoms with Crippen LogP contribution in [0.25, 0.3) is 0 Å². The number of aliphatic hydroxyl groups excluding tert-OH is 1. The van der Waals surface area contributed by atoms with Gasteiger partial charge >= 0.3 is 0 Å². The van der Waals surface area contributed by atoms with Crippen molar-refractivity contribution in [3.63, 3.8) is 0 Å². The van der Waals surface area contributed by atoms with Gasteiger partial charge in [0.1, 0.15) is 6.61 Å². The second kappa shape index (κ2) is 6.84. The molecule has 1 N–H and O–H groups in total. The van der Waals surface area contributed by atoms with Crippen molar-refractivity contribution in [1.82, 2.24) is 0 Å². The van der Waals surface area contributed by atoms with Crippen LogP contribution >= 0.6 is 23.2 Å². The second-order valence-corrected chi connectivity index (χ2v) is 5.03. The Balaban J connectivity index is 2.18. The highest BCUT2D eigenvalue weighted by atomic mass is 35.5. The first-order chi connectivity index (χ1) is 9.63. The predicted octanol–water partition coefficient (Wildman–Crippen LogP) is 4.07. The van der Waals surface area contributed by atoms with E-state index < -0.39 is 0 Å². The summed E-state index contributed by atoms with van der Waals surface area (Å²) in [6.07, 6.45) is 0. The Bertz CT molecular complexity index is 582.